The zero-order chi connectivity index (χ0) is 60.9. The number of hydrogen-bond donors (Lipinski definition) is 0. The second-order valence-electron chi connectivity index (χ2n) is 14.2. The second-order valence-corrected chi connectivity index (χ2v) is 14.2. The molecule has 0 unspecified atom stereocenters. The van der Waals surface area contributed by atoms with Crippen LogP contribution < -0.4 is 0 Å². The zero-order valence-corrected chi connectivity index (χ0v) is 36.2. The van der Waals surface area contributed by atoms with Crippen molar-refractivity contribution in [1.29, 1.82) is 5.26 Å². The SMILES string of the molecule is [2H]c1cc2c(oc3c(-c4ccc(C([2H])([2H])C([2H])([2H])c5cc(C([2H])([2H])C([2H])([2H])c6ccc(-c7[c-]cccc7)nc6)cc(C([2H])([2H])C([2H])([2H])c6ccc(-c7[c-]cccc7)nc6)c5)cn4)[c-]ccc32)c(-c2c([2H])c([2H])c(C([2H])([2H])[2H])c([2H])c2[2H])c1C#N.[Ir+3]. The molecule has 65 heavy (non-hydrogen) atoms. The third-order valence-electron chi connectivity index (χ3n) is 10.0. The van der Waals surface area contributed by atoms with Crippen LogP contribution in [0.2, 0.25) is 0 Å². The van der Waals surface area contributed by atoms with E-state index in [1.54, 1.807) is 54.6 Å². The Morgan fingerprint density at radius 1 is 0.569 bits per heavy atom. The number of pyridine rings is 3. The molecule has 10 rings (SSSR count). The molecule has 0 bridgehead atoms. The van der Waals surface area contributed by atoms with Gasteiger partial charge in [0.2, 0.25) is 0 Å². The smallest absolute Gasteiger partial charge is 0.500 e. The summed E-state index contributed by atoms with van der Waals surface area (Å²) in [6.07, 6.45) is -15.5. The van der Waals surface area contributed by atoms with Gasteiger partial charge in [-0.1, -0.05) is 101 Å². The normalized spacial score (nSPS) is 17.1. The van der Waals surface area contributed by atoms with Gasteiger partial charge in [-0.3, -0.25) is 0 Å². The van der Waals surface area contributed by atoms with Gasteiger partial charge < -0.3 is 19.4 Å². The molecule has 6 aromatic carbocycles. The van der Waals surface area contributed by atoms with Crippen molar-refractivity contribution >= 4 is 21.9 Å². The molecule has 10 aromatic rings. The van der Waals surface area contributed by atoms with Crippen LogP contribution in [-0.2, 0) is 58.3 Å². The van der Waals surface area contributed by atoms with Gasteiger partial charge in [0.1, 0.15) is 5.58 Å². The van der Waals surface area contributed by atoms with Crippen LogP contribution in [0.3, 0.4) is 0 Å². The Balaban J connectivity index is 0.00000865. The first-order chi connectivity index (χ1) is 39.4. The van der Waals surface area contributed by atoms with Crippen molar-refractivity contribution in [2.45, 2.75) is 45.1 Å². The first kappa shape index (κ1) is 25.3. The number of aromatic nitrogens is 3. The van der Waals surface area contributed by atoms with Gasteiger partial charge in [-0.2, -0.15) is 5.26 Å². The Labute approximate surface area is 422 Å². The van der Waals surface area contributed by atoms with Crippen LogP contribution >= 0.6 is 0 Å². The maximum atomic E-state index is 10.3. The van der Waals surface area contributed by atoms with Crippen LogP contribution in [0.5, 0.6) is 0 Å². The zero-order valence-electron chi connectivity index (χ0n) is 53.8. The number of nitriles is 1. The van der Waals surface area contributed by atoms with Crippen molar-refractivity contribution in [2.75, 3.05) is 0 Å². The minimum Gasteiger partial charge on any atom is -0.500 e. The van der Waals surface area contributed by atoms with E-state index < -0.39 is 108 Å². The topological polar surface area (TPSA) is 75.6 Å². The van der Waals surface area contributed by atoms with Gasteiger partial charge in [0.25, 0.3) is 0 Å². The molecule has 4 aromatic heterocycles. The number of nitrogens with zero attached hydrogens (tertiary/aromatic N) is 4. The molecule has 5 nitrogen and oxygen atoms in total. The first-order valence-corrected chi connectivity index (χ1v) is 19.8. The Bertz CT molecular complexity index is 4090. The standard InChI is InChI=1S/C59H43N4O.Ir/c1-40-15-26-49(27-16-40)57-50(36-60)28-29-52-51-13-8-14-53(58(51)64-59(52)57)56-32-25-43(39-63-56)19-22-46-34-44(20-17-41-23-30-54(61-37-41)47-9-4-2-5-10-47)33-45(35-46)21-18-42-24-31-55(62-38-42)48-11-6-3-7-12-48;/h2-9,11,13,15-16,23-35,37-39H,17-22H2,1H3;/q-3;+3/i1D3,15D,16D,17D2,18D2,19D2,20D2,21D2,22D2,26D,27D,28D;. The van der Waals surface area contributed by atoms with Gasteiger partial charge in [0.05, 0.1) is 24.1 Å². The van der Waals surface area contributed by atoms with E-state index in [-0.39, 0.29) is 70.6 Å². The quantitative estimate of drug-likeness (QED) is 0.108. The molecule has 0 fully saturated rings. The van der Waals surface area contributed by atoms with Gasteiger partial charge in [0.15, 0.2) is 0 Å². The monoisotopic (exact) mass is 1040 g/mol. The van der Waals surface area contributed by atoms with Crippen LogP contribution in [0.4, 0.5) is 0 Å². The first-order valence-electron chi connectivity index (χ1n) is 29.8. The van der Waals surface area contributed by atoms with Crippen molar-refractivity contribution in [3.63, 3.8) is 0 Å². The summed E-state index contributed by atoms with van der Waals surface area (Å²) in [6, 6.07) is 36.0. The summed E-state index contributed by atoms with van der Waals surface area (Å²) >= 11 is 0. The molecular weight excluding hydrogens is 973 g/mol. The van der Waals surface area contributed by atoms with Crippen molar-refractivity contribution in [2.24, 2.45) is 0 Å². The van der Waals surface area contributed by atoms with Crippen molar-refractivity contribution in [3.8, 4) is 51.0 Å². The van der Waals surface area contributed by atoms with E-state index in [9.17, 15) is 21.7 Å². The summed E-state index contributed by atoms with van der Waals surface area (Å²) in [5.41, 5.74) is -2.99. The summed E-state index contributed by atoms with van der Waals surface area (Å²) in [5.74, 6) is 0. The van der Waals surface area contributed by atoms with Crippen LogP contribution in [0.25, 0.3) is 66.8 Å². The molecule has 0 amide bonds. The van der Waals surface area contributed by atoms with Gasteiger partial charge in [0, 0.05) is 50.1 Å². The van der Waals surface area contributed by atoms with E-state index in [1.165, 1.54) is 48.5 Å². The molecule has 0 saturated carbocycles. The minimum absolute atomic E-state index is 0. The fourth-order valence-electron chi connectivity index (χ4n) is 6.95. The minimum atomic E-state index is -3.27. The third kappa shape index (κ3) is 9.64. The van der Waals surface area contributed by atoms with Crippen LogP contribution in [0.1, 0.15) is 71.9 Å². The Morgan fingerprint density at radius 2 is 1.09 bits per heavy atom. The number of fused-ring (bicyclic) bond motifs is 3. The largest absolute Gasteiger partial charge is 3.00 e. The Kier molecular flexibility index (Phi) is 7.63. The molecular formula is C59H43IrN4O. The number of furan rings is 1. The van der Waals surface area contributed by atoms with E-state index >= 15 is 0 Å². The van der Waals surface area contributed by atoms with E-state index in [0.717, 1.165) is 36.8 Å². The third-order valence-corrected chi connectivity index (χ3v) is 10.0. The van der Waals surface area contributed by atoms with E-state index in [2.05, 4.69) is 33.2 Å². The number of rotatable bonds is 13. The van der Waals surface area contributed by atoms with Gasteiger partial charge in [-0.25, -0.2) is 0 Å². The number of hydrogen-bond acceptors (Lipinski definition) is 5. The fraction of sp³-hybridized carbons (Fsp3) is 0.119. The molecule has 0 aliphatic heterocycles. The maximum absolute atomic E-state index is 10.3. The maximum Gasteiger partial charge on any atom is 3.00 e. The molecule has 0 N–H and O–H groups in total. The van der Waals surface area contributed by atoms with Gasteiger partial charge >= 0.3 is 20.1 Å². The van der Waals surface area contributed by atoms with Gasteiger partial charge in [-0.15, -0.1) is 90.0 Å². The fourth-order valence-corrected chi connectivity index (χ4v) is 6.95. The second kappa shape index (κ2) is 19.6. The average molecular weight is 1040 g/mol. The molecule has 4 heterocycles. The van der Waals surface area contributed by atoms with E-state index in [1.807, 2.05) is 6.07 Å². The average Bonchev–Trinajstić information content (AvgIpc) is 1.73. The van der Waals surface area contributed by atoms with Crippen LogP contribution in [0, 0.1) is 36.4 Å². The molecule has 6 heteroatoms. The van der Waals surface area contributed by atoms with Crippen LogP contribution in [0.15, 0.2) is 175 Å². The summed E-state index contributed by atoms with van der Waals surface area (Å²) in [7, 11) is 0. The molecule has 314 valence electrons. The van der Waals surface area contributed by atoms with Crippen molar-refractivity contribution in [3.05, 3.63) is 233 Å². The van der Waals surface area contributed by atoms with E-state index in [4.69, 9.17) is 15.4 Å². The van der Waals surface area contributed by atoms with Crippen LogP contribution in [-0.4, -0.2) is 15.0 Å². The van der Waals surface area contributed by atoms with Gasteiger partial charge in [-0.05, 0) is 107 Å². The summed E-state index contributed by atoms with van der Waals surface area (Å²) in [5, 5.41) is 10.8. The summed E-state index contributed by atoms with van der Waals surface area (Å²) < 4.78 is 186. The number of aryl methyl sites for hydroxylation is 6. The van der Waals surface area contributed by atoms with Crippen molar-refractivity contribution in [1.82, 2.24) is 15.0 Å². The predicted molar refractivity (Wildman–Crippen MR) is 256 cm³/mol. The predicted octanol–water partition coefficient (Wildman–Crippen LogP) is 13.4. The Hall–Kier alpha value is -7.29. The summed E-state index contributed by atoms with van der Waals surface area (Å²) in [4.78, 5) is 13.2. The van der Waals surface area contributed by atoms with E-state index in [0.29, 0.717) is 27.9 Å². The molecule has 0 saturated heterocycles. The molecule has 0 atom stereocenters. The molecule has 0 aliphatic rings. The number of benzene rings is 6. The Morgan fingerprint density at radius 3 is 1.57 bits per heavy atom. The summed E-state index contributed by atoms with van der Waals surface area (Å²) in [6.45, 7) is -3.04. The molecule has 0 spiro atoms. The molecule has 0 radical (unpaired) electrons. The molecule has 0 aliphatic carbocycles. The van der Waals surface area contributed by atoms with Crippen molar-refractivity contribution < 1.29 is 51.9 Å².